The average Bonchev–Trinajstić information content (AvgIpc) is 2.75. The SMILES string of the molecule is CCCCC(CC)COC(=O)c1ccc(N(C)C)c(CC(CC)CCCC)c1C#N. The van der Waals surface area contributed by atoms with Crippen LogP contribution in [0.15, 0.2) is 12.1 Å². The number of carbonyl (C=O) groups excluding carboxylic acids is 1. The van der Waals surface area contributed by atoms with Crippen LogP contribution in [0.2, 0.25) is 0 Å². The number of esters is 1. The number of anilines is 1. The van der Waals surface area contributed by atoms with Crippen LogP contribution in [0.1, 0.15) is 101 Å². The molecule has 0 radical (unpaired) electrons. The molecule has 1 aromatic rings. The van der Waals surface area contributed by atoms with Crippen molar-refractivity contribution in [3.8, 4) is 6.07 Å². The number of unbranched alkanes of at least 4 members (excludes halogenated alkanes) is 2. The number of hydrogen-bond donors (Lipinski definition) is 0. The summed E-state index contributed by atoms with van der Waals surface area (Å²) in [5.74, 6) is 0.536. The third-order valence-corrected chi connectivity index (χ3v) is 6.13. The van der Waals surface area contributed by atoms with Crippen molar-refractivity contribution < 1.29 is 9.53 Å². The highest BCUT2D eigenvalue weighted by atomic mass is 16.5. The molecular weight excluding hydrogens is 372 g/mol. The Morgan fingerprint density at radius 2 is 1.63 bits per heavy atom. The largest absolute Gasteiger partial charge is 0.462 e. The van der Waals surface area contributed by atoms with Gasteiger partial charge in [-0.15, -0.1) is 0 Å². The summed E-state index contributed by atoms with van der Waals surface area (Å²) in [6.45, 7) is 9.16. The Morgan fingerprint density at radius 3 is 2.13 bits per heavy atom. The maximum absolute atomic E-state index is 12.9. The molecule has 0 spiro atoms. The van der Waals surface area contributed by atoms with E-state index in [2.05, 4.69) is 33.8 Å². The summed E-state index contributed by atoms with van der Waals surface area (Å²) >= 11 is 0. The normalized spacial score (nSPS) is 12.8. The maximum Gasteiger partial charge on any atom is 0.339 e. The van der Waals surface area contributed by atoms with Crippen LogP contribution in [0.3, 0.4) is 0 Å². The van der Waals surface area contributed by atoms with Gasteiger partial charge in [-0.2, -0.15) is 5.26 Å². The number of benzene rings is 1. The van der Waals surface area contributed by atoms with E-state index >= 15 is 0 Å². The third-order valence-electron chi connectivity index (χ3n) is 6.13. The minimum atomic E-state index is -0.366. The molecule has 1 rings (SSSR count). The van der Waals surface area contributed by atoms with E-state index < -0.39 is 0 Å². The molecule has 0 aromatic heterocycles. The first-order chi connectivity index (χ1) is 14.4. The van der Waals surface area contributed by atoms with Crippen molar-refractivity contribution in [3.63, 3.8) is 0 Å². The fourth-order valence-electron chi connectivity index (χ4n) is 3.96. The zero-order chi connectivity index (χ0) is 22.5. The van der Waals surface area contributed by atoms with E-state index in [4.69, 9.17) is 4.74 Å². The van der Waals surface area contributed by atoms with Crippen molar-refractivity contribution in [1.82, 2.24) is 0 Å². The smallest absolute Gasteiger partial charge is 0.339 e. The zero-order valence-electron chi connectivity index (χ0n) is 20.1. The summed E-state index contributed by atoms with van der Waals surface area (Å²) in [5, 5.41) is 9.98. The van der Waals surface area contributed by atoms with E-state index in [-0.39, 0.29) is 5.97 Å². The molecule has 0 heterocycles. The number of ether oxygens (including phenoxy) is 1. The van der Waals surface area contributed by atoms with Gasteiger partial charge in [-0.05, 0) is 42.4 Å². The lowest BCUT2D eigenvalue weighted by Crippen LogP contribution is -2.19. The van der Waals surface area contributed by atoms with Gasteiger partial charge in [0.2, 0.25) is 0 Å². The van der Waals surface area contributed by atoms with Crippen LogP contribution in [0, 0.1) is 23.2 Å². The molecule has 4 nitrogen and oxygen atoms in total. The van der Waals surface area contributed by atoms with E-state index in [0.29, 0.717) is 29.6 Å². The van der Waals surface area contributed by atoms with Gasteiger partial charge in [0.25, 0.3) is 0 Å². The van der Waals surface area contributed by atoms with Crippen LogP contribution in [0.4, 0.5) is 5.69 Å². The molecule has 30 heavy (non-hydrogen) atoms. The highest BCUT2D eigenvalue weighted by Crippen LogP contribution is 2.31. The number of nitriles is 1. The van der Waals surface area contributed by atoms with Crippen LogP contribution >= 0.6 is 0 Å². The molecule has 0 amide bonds. The molecule has 0 aliphatic rings. The second-order valence-corrected chi connectivity index (χ2v) is 8.63. The molecule has 0 N–H and O–H groups in total. The van der Waals surface area contributed by atoms with Gasteiger partial charge in [-0.3, -0.25) is 0 Å². The number of nitrogens with zero attached hydrogens (tertiary/aromatic N) is 2. The number of hydrogen-bond acceptors (Lipinski definition) is 4. The van der Waals surface area contributed by atoms with Gasteiger partial charge < -0.3 is 9.64 Å². The molecule has 0 bridgehead atoms. The number of carbonyl (C=O) groups is 1. The van der Waals surface area contributed by atoms with Crippen molar-refractivity contribution in [3.05, 3.63) is 28.8 Å². The molecule has 1 aromatic carbocycles. The van der Waals surface area contributed by atoms with Crippen LogP contribution in [-0.4, -0.2) is 26.7 Å². The molecule has 2 atom stereocenters. The first-order valence-corrected chi connectivity index (χ1v) is 11.8. The molecule has 2 unspecified atom stereocenters. The second kappa shape index (κ2) is 14.1. The number of rotatable bonds is 14. The predicted octanol–water partition coefficient (Wildman–Crippen LogP) is 6.76. The molecular formula is C26H42N2O2. The highest BCUT2D eigenvalue weighted by molar-refractivity contribution is 5.93. The van der Waals surface area contributed by atoms with Crippen molar-refractivity contribution in [1.29, 1.82) is 5.26 Å². The van der Waals surface area contributed by atoms with E-state index in [9.17, 15) is 10.1 Å². The standard InChI is InChI=1S/C26H42N2O2/c1-7-11-13-20(9-3)17-23-24(18-27)22(15-16-25(23)28(5)6)26(29)30-19-21(10-4)14-12-8-2/h15-16,20-21H,7-14,17,19H2,1-6H3. The molecule has 0 fully saturated rings. The lowest BCUT2D eigenvalue weighted by atomic mass is 9.87. The Labute approximate surface area is 184 Å². The molecule has 0 saturated carbocycles. The van der Waals surface area contributed by atoms with Gasteiger partial charge in [-0.1, -0.05) is 72.6 Å². The molecule has 4 heteroatoms. The van der Waals surface area contributed by atoms with Gasteiger partial charge in [-0.25, -0.2) is 4.79 Å². The monoisotopic (exact) mass is 414 g/mol. The Morgan fingerprint density at radius 1 is 1.03 bits per heavy atom. The summed E-state index contributed by atoms with van der Waals surface area (Å²) < 4.78 is 5.67. The fourth-order valence-corrected chi connectivity index (χ4v) is 3.96. The van der Waals surface area contributed by atoms with E-state index in [1.165, 1.54) is 12.8 Å². The van der Waals surface area contributed by atoms with Crippen molar-refractivity contribution in [2.24, 2.45) is 11.8 Å². The first-order valence-electron chi connectivity index (χ1n) is 11.8. The quantitative estimate of drug-likeness (QED) is 0.316. The summed E-state index contributed by atoms with van der Waals surface area (Å²) in [4.78, 5) is 14.9. The molecule has 0 aliphatic heterocycles. The Hall–Kier alpha value is -2.02. The van der Waals surface area contributed by atoms with Gasteiger partial charge in [0.05, 0.1) is 17.7 Å². The summed E-state index contributed by atoms with van der Waals surface area (Å²) in [5.41, 5.74) is 2.90. The molecule has 168 valence electrons. The molecule has 0 aliphatic carbocycles. The predicted molar refractivity (Wildman–Crippen MR) is 126 cm³/mol. The summed E-state index contributed by atoms with van der Waals surface area (Å²) in [6.07, 6.45) is 9.77. The topological polar surface area (TPSA) is 53.3 Å². The Bertz CT molecular complexity index is 691. The Balaban J connectivity index is 3.15. The van der Waals surface area contributed by atoms with E-state index in [1.54, 1.807) is 6.07 Å². The average molecular weight is 415 g/mol. The minimum Gasteiger partial charge on any atom is -0.462 e. The fraction of sp³-hybridized carbons (Fsp3) is 0.692. The Kier molecular flexibility index (Phi) is 12.2. The first kappa shape index (κ1) is 26.0. The van der Waals surface area contributed by atoms with Crippen LogP contribution < -0.4 is 4.90 Å². The van der Waals surface area contributed by atoms with Gasteiger partial charge in [0.1, 0.15) is 6.07 Å². The van der Waals surface area contributed by atoms with Gasteiger partial charge >= 0.3 is 5.97 Å². The van der Waals surface area contributed by atoms with Crippen LogP contribution in [-0.2, 0) is 11.2 Å². The minimum absolute atomic E-state index is 0.366. The van der Waals surface area contributed by atoms with Crippen molar-refractivity contribution >= 4 is 11.7 Å². The third kappa shape index (κ3) is 7.67. The van der Waals surface area contributed by atoms with Crippen LogP contribution in [0.25, 0.3) is 0 Å². The molecule has 0 saturated heterocycles. The second-order valence-electron chi connectivity index (χ2n) is 8.63. The summed E-state index contributed by atoms with van der Waals surface area (Å²) in [7, 11) is 3.98. The lowest BCUT2D eigenvalue weighted by molar-refractivity contribution is 0.0427. The van der Waals surface area contributed by atoms with Crippen LogP contribution in [0.5, 0.6) is 0 Å². The van der Waals surface area contributed by atoms with Gasteiger partial charge in [0, 0.05) is 19.8 Å². The van der Waals surface area contributed by atoms with Crippen molar-refractivity contribution in [2.75, 3.05) is 25.6 Å². The lowest BCUT2D eigenvalue weighted by Gasteiger charge is -2.23. The maximum atomic E-state index is 12.9. The van der Waals surface area contributed by atoms with E-state index in [1.807, 2.05) is 25.1 Å². The summed E-state index contributed by atoms with van der Waals surface area (Å²) in [6, 6.07) is 6.06. The zero-order valence-corrected chi connectivity index (χ0v) is 20.1. The van der Waals surface area contributed by atoms with Gasteiger partial charge in [0.15, 0.2) is 0 Å². The highest BCUT2D eigenvalue weighted by Gasteiger charge is 2.23. The van der Waals surface area contributed by atoms with E-state index in [0.717, 1.165) is 56.2 Å². The van der Waals surface area contributed by atoms with Crippen molar-refractivity contribution in [2.45, 2.75) is 85.5 Å².